The predicted octanol–water partition coefficient (Wildman–Crippen LogP) is -2.38. The number of aromatic nitrogens is 2. The van der Waals surface area contributed by atoms with Crippen LogP contribution in [0.5, 0.6) is 0 Å². The van der Waals surface area contributed by atoms with E-state index in [2.05, 4.69) is 25.9 Å². The van der Waals surface area contributed by atoms with Crippen molar-refractivity contribution in [2.24, 2.45) is 5.73 Å². The van der Waals surface area contributed by atoms with E-state index in [1.54, 1.807) is 0 Å². The number of carboxylic acids is 1. The van der Waals surface area contributed by atoms with E-state index in [1.165, 1.54) is 17.4 Å². The molecule has 13 heteroatoms. The summed E-state index contributed by atoms with van der Waals surface area (Å²) in [5.74, 6) is -3.74. The molecule has 1 aromatic heterocycles. The van der Waals surface area contributed by atoms with E-state index in [9.17, 15) is 29.1 Å². The van der Waals surface area contributed by atoms with Gasteiger partial charge in [0, 0.05) is 24.9 Å². The molecule has 4 unspecified atom stereocenters. The summed E-state index contributed by atoms with van der Waals surface area (Å²) in [7, 11) is 0. The van der Waals surface area contributed by atoms with Crippen LogP contribution in [0.3, 0.4) is 0 Å². The molecule has 4 atom stereocenters. The first-order valence-electron chi connectivity index (χ1n) is 10.9. The molecular formula is C20H29N7O6. The second-order valence-corrected chi connectivity index (χ2v) is 8.25. The van der Waals surface area contributed by atoms with E-state index in [0.717, 1.165) is 13.0 Å². The Morgan fingerprint density at radius 3 is 2.58 bits per heavy atom. The molecule has 180 valence electrons. The Labute approximate surface area is 189 Å². The lowest BCUT2D eigenvalue weighted by atomic mass is 10.1. The molecule has 0 bridgehead atoms. The summed E-state index contributed by atoms with van der Waals surface area (Å²) in [6.45, 7) is 1.20. The van der Waals surface area contributed by atoms with Crippen LogP contribution in [0.2, 0.25) is 0 Å². The van der Waals surface area contributed by atoms with E-state index >= 15 is 0 Å². The SMILES string of the molecule is NC(=O)CC(NC(=O)C(Cc1cnc[nH]1)NC(=O)C1CCCN1C(=O)C1CCCN1)C(=O)O. The van der Waals surface area contributed by atoms with Crippen molar-refractivity contribution in [2.45, 2.75) is 62.7 Å². The minimum atomic E-state index is -1.53. The average molecular weight is 463 g/mol. The van der Waals surface area contributed by atoms with Crippen LogP contribution in [0, 0.1) is 0 Å². The minimum Gasteiger partial charge on any atom is -0.480 e. The quantitative estimate of drug-likeness (QED) is 0.221. The van der Waals surface area contributed by atoms with Crippen molar-refractivity contribution in [3.8, 4) is 0 Å². The maximum atomic E-state index is 13.1. The molecule has 0 saturated carbocycles. The predicted molar refractivity (Wildman–Crippen MR) is 113 cm³/mol. The zero-order valence-corrected chi connectivity index (χ0v) is 18.1. The monoisotopic (exact) mass is 463 g/mol. The average Bonchev–Trinajstić information content (AvgIpc) is 3.54. The third-order valence-electron chi connectivity index (χ3n) is 5.83. The second-order valence-electron chi connectivity index (χ2n) is 8.25. The summed E-state index contributed by atoms with van der Waals surface area (Å²) >= 11 is 0. The van der Waals surface area contributed by atoms with Crippen LogP contribution in [0.4, 0.5) is 0 Å². The Balaban J connectivity index is 1.71. The number of amides is 4. The van der Waals surface area contributed by atoms with Gasteiger partial charge in [-0.1, -0.05) is 0 Å². The molecule has 13 nitrogen and oxygen atoms in total. The molecule has 2 aliphatic heterocycles. The number of aromatic amines is 1. The number of carbonyl (C=O) groups is 5. The normalized spacial score (nSPS) is 21.9. The van der Waals surface area contributed by atoms with E-state index in [1.807, 2.05) is 0 Å². The van der Waals surface area contributed by atoms with Gasteiger partial charge in [0.05, 0.1) is 18.8 Å². The van der Waals surface area contributed by atoms with Crippen molar-refractivity contribution in [3.05, 3.63) is 18.2 Å². The van der Waals surface area contributed by atoms with Crippen molar-refractivity contribution in [1.29, 1.82) is 0 Å². The Hall–Kier alpha value is -3.48. The van der Waals surface area contributed by atoms with Crippen molar-refractivity contribution < 1.29 is 29.1 Å². The van der Waals surface area contributed by atoms with Gasteiger partial charge in [0.1, 0.15) is 18.1 Å². The standard InChI is InChI=1S/C20H29N7O6/c21-16(28)8-14(20(32)33)26-17(29)13(7-11-9-22-10-24-11)25-18(30)15-4-2-6-27(15)19(31)12-3-1-5-23-12/h9-10,12-15,23H,1-8H2,(H2,21,28)(H,22,24)(H,25,30)(H,26,29)(H,32,33). The molecule has 0 radical (unpaired) electrons. The third kappa shape index (κ3) is 6.28. The maximum absolute atomic E-state index is 13.1. The molecule has 2 aliphatic rings. The highest BCUT2D eigenvalue weighted by molar-refractivity contribution is 5.95. The molecular weight excluding hydrogens is 434 g/mol. The van der Waals surface area contributed by atoms with Gasteiger partial charge in [-0.15, -0.1) is 0 Å². The number of hydrogen-bond donors (Lipinski definition) is 6. The van der Waals surface area contributed by atoms with Crippen LogP contribution in [0.15, 0.2) is 12.5 Å². The summed E-state index contributed by atoms with van der Waals surface area (Å²) < 4.78 is 0. The number of imidazole rings is 1. The van der Waals surface area contributed by atoms with Crippen LogP contribution < -0.4 is 21.7 Å². The summed E-state index contributed by atoms with van der Waals surface area (Å²) in [6, 6.07) is -3.73. The van der Waals surface area contributed by atoms with Gasteiger partial charge in [0.2, 0.25) is 23.6 Å². The van der Waals surface area contributed by atoms with Crippen LogP contribution in [-0.4, -0.2) is 86.8 Å². The third-order valence-corrected chi connectivity index (χ3v) is 5.83. The number of nitrogens with two attached hydrogens (primary N) is 1. The molecule has 3 heterocycles. The molecule has 0 spiro atoms. The number of carbonyl (C=O) groups excluding carboxylic acids is 4. The van der Waals surface area contributed by atoms with Gasteiger partial charge in [0.15, 0.2) is 0 Å². The molecule has 4 amide bonds. The summed E-state index contributed by atoms with van der Waals surface area (Å²) in [5, 5.41) is 17.3. The lowest BCUT2D eigenvalue weighted by molar-refractivity contribution is -0.144. The van der Waals surface area contributed by atoms with Crippen molar-refractivity contribution in [2.75, 3.05) is 13.1 Å². The first-order valence-corrected chi connectivity index (χ1v) is 10.9. The number of likely N-dealkylation sites (tertiary alicyclic amines) is 1. The van der Waals surface area contributed by atoms with Crippen molar-refractivity contribution >= 4 is 29.6 Å². The van der Waals surface area contributed by atoms with E-state index in [0.29, 0.717) is 31.5 Å². The number of H-pyrrole nitrogens is 1. The van der Waals surface area contributed by atoms with E-state index in [4.69, 9.17) is 5.73 Å². The fraction of sp³-hybridized carbons (Fsp3) is 0.600. The fourth-order valence-electron chi connectivity index (χ4n) is 4.17. The Morgan fingerprint density at radius 2 is 1.97 bits per heavy atom. The number of primary amides is 1. The number of aliphatic carboxylic acids is 1. The number of nitrogens with one attached hydrogen (secondary N) is 4. The van der Waals surface area contributed by atoms with Gasteiger partial charge < -0.3 is 36.7 Å². The maximum Gasteiger partial charge on any atom is 0.326 e. The van der Waals surface area contributed by atoms with Crippen LogP contribution in [0.25, 0.3) is 0 Å². The van der Waals surface area contributed by atoms with Crippen molar-refractivity contribution in [3.63, 3.8) is 0 Å². The van der Waals surface area contributed by atoms with Gasteiger partial charge >= 0.3 is 5.97 Å². The molecule has 0 aromatic carbocycles. The zero-order chi connectivity index (χ0) is 24.0. The van der Waals surface area contributed by atoms with Gasteiger partial charge in [-0.05, 0) is 32.2 Å². The lowest BCUT2D eigenvalue weighted by Gasteiger charge is -2.28. The summed E-state index contributed by atoms with van der Waals surface area (Å²) in [4.78, 5) is 69.6. The minimum absolute atomic E-state index is 0.00529. The van der Waals surface area contributed by atoms with Crippen LogP contribution in [0.1, 0.15) is 37.8 Å². The van der Waals surface area contributed by atoms with Crippen LogP contribution in [-0.2, 0) is 30.4 Å². The second kappa shape index (κ2) is 10.9. The van der Waals surface area contributed by atoms with Gasteiger partial charge in [-0.2, -0.15) is 0 Å². The highest BCUT2D eigenvalue weighted by Gasteiger charge is 2.39. The van der Waals surface area contributed by atoms with Crippen LogP contribution >= 0.6 is 0 Å². The van der Waals surface area contributed by atoms with E-state index < -0.39 is 48.2 Å². The molecule has 3 rings (SSSR count). The molecule has 2 saturated heterocycles. The number of hydrogen-bond acceptors (Lipinski definition) is 7. The largest absolute Gasteiger partial charge is 0.480 e. The summed E-state index contributed by atoms with van der Waals surface area (Å²) in [5.41, 5.74) is 5.61. The first kappa shape index (κ1) is 24.2. The number of nitrogens with zero attached hydrogens (tertiary/aromatic N) is 2. The fourth-order valence-corrected chi connectivity index (χ4v) is 4.17. The van der Waals surface area contributed by atoms with Crippen molar-refractivity contribution in [1.82, 2.24) is 30.8 Å². The highest BCUT2D eigenvalue weighted by Crippen LogP contribution is 2.21. The Bertz CT molecular complexity index is 883. The number of carboxylic acid groups (broad SMARTS) is 1. The molecule has 33 heavy (non-hydrogen) atoms. The Morgan fingerprint density at radius 1 is 1.18 bits per heavy atom. The van der Waals surface area contributed by atoms with Gasteiger partial charge in [0.25, 0.3) is 0 Å². The molecule has 2 fully saturated rings. The number of rotatable bonds is 10. The first-order chi connectivity index (χ1) is 15.8. The molecule has 1 aromatic rings. The smallest absolute Gasteiger partial charge is 0.326 e. The lowest BCUT2D eigenvalue weighted by Crippen LogP contribution is -2.57. The topological polar surface area (TPSA) is 200 Å². The molecule has 0 aliphatic carbocycles. The van der Waals surface area contributed by atoms with Gasteiger partial charge in [-0.3, -0.25) is 19.2 Å². The summed E-state index contributed by atoms with van der Waals surface area (Å²) in [6.07, 6.45) is 5.02. The Kier molecular flexibility index (Phi) is 7.98. The van der Waals surface area contributed by atoms with E-state index in [-0.39, 0.29) is 18.4 Å². The van der Waals surface area contributed by atoms with Gasteiger partial charge in [-0.25, -0.2) is 9.78 Å². The molecule has 7 N–H and O–H groups in total. The highest BCUT2D eigenvalue weighted by atomic mass is 16.4. The zero-order valence-electron chi connectivity index (χ0n) is 18.1.